The number of benzene rings is 1. The molecule has 0 saturated heterocycles. The van der Waals surface area contributed by atoms with Gasteiger partial charge in [0.2, 0.25) is 0 Å². The summed E-state index contributed by atoms with van der Waals surface area (Å²) in [5.74, 6) is -0.175. The van der Waals surface area contributed by atoms with Crippen LogP contribution < -0.4 is 5.73 Å². The van der Waals surface area contributed by atoms with Crippen LogP contribution in [0, 0.1) is 10.1 Å². The maximum atomic E-state index is 12.3. The van der Waals surface area contributed by atoms with Gasteiger partial charge in [0.05, 0.1) is 22.4 Å². The molecule has 2 aromatic rings. The number of likely N-dealkylation sites (N-methyl/N-ethyl adjacent to an activating group) is 1. The highest BCUT2D eigenvalue weighted by Gasteiger charge is 2.18. The molecule has 116 valence electrons. The zero-order valence-corrected chi connectivity index (χ0v) is 12.3. The molecule has 0 spiro atoms. The molecule has 1 aromatic heterocycles. The van der Waals surface area contributed by atoms with Crippen LogP contribution in [-0.2, 0) is 0 Å². The van der Waals surface area contributed by atoms with E-state index in [1.54, 1.807) is 30.3 Å². The van der Waals surface area contributed by atoms with Crippen molar-refractivity contribution in [2.75, 3.05) is 13.6 Å². The van der Waals surface area contributed by atoms with Gasteiger partial charge in [-0.05, 0) is 19.1 Å². The number of amides is 1. The molecule has 8 nitrogen and oxygen atoms in total. The Balaban J connectivity index is 2.20. The number of nitrogens with two attached hydrogens (primary N) is 1. The van der Waals surface area contributed by atoms with Crippen molar-refractivity contribution in [1.29, 1.82) is 0 Å². The van der Waals surface area contributed by atoms with E-state index in [0.717, 1.165) is 0 Å². The van der Waals surface area contributed by atoms with Crippen molar-refractivity contribution in [3.8, 4) is 5.69 Å². The van der Waals surface area contributed by atoms with E-state index in [-0.39, 0.29) is 17.6 Å². The van der Waals surface area contributed by atoms with E-state index in [1.165, 1.54) is 23.0 Å². The number of non-ortho nitro benzene ring substituents is 1. The van der Waals surface area contributed by atoms with Crippen LogP contribution in [0.25, 0.3) is 5.69 Å². The first kappa shape index (κ1) is 15.6. The Morgan fingerprint density at radius 2 is 2.09 bits per heavy atom. The van der Waals surface area contributed by atoms with Crippen molar-refractivity contribution in [2.24, 2.45) is 5.73 Å². The molecule has 1 aromatic carbocycles. The van der Waals surface area contributed by atoms with Gasteiger partial charge in [-0.3, -0.25) is 14.9 Å². The molecule has 2 rings (SSSR count). The molecule has 0 bridgehead atoms. The Labute approximate surface area is 127 Å². The van der Waals surface area contributed by atoms with Crippen molar-refractivity contribution in [1.82, 2.24) is 14.7 Å². The standard InChI is InChI=1S/C14H17N5O3/c1-10(7-15)17(2)14(20)11-8-16-18(9-11)12-3-5-13(6-4-12)19(21)22/h3-6,8-10H,7,15H2,1-2H3. The minimum absolute atomic E-state index is 0.00344. The first-order chi connectivity index (χ1) is 10.4. The van der Waals surface area contributed by atoms with Crippen LogP contribution in [0.5, 0.6) is 0 Å². The van der Waals surface area contributed by atoms with E-state index in [2.05, 4.69) is 5.10 Å². The summed E-state index contributed by atoms with van der Waals surface area (Å²) in [6, 6.07) is 5.86. The number of aromatic nitrogens is 2. The third-order valence-corrected chi connectivity index (χ3v) is 3.48. The summed E-state index contributed by atoms with van der Waals surface area (Å²) < 4.78 is 1.50. The summed E-state index contributed by atoms with van der Waals surface area (Å²) in [6.07, 6.45) is 3.05. The first-order valence-electron chi connectivity index (χ1n) is 6.70. The van der Waals surface area contributed by atoms with Crippen molar-refractivity contribution in [2.45, 2.75) is 13.0 Å². The Bertz CT molecular complexity index is 680. The van der Waals surface area contributed by atoms with Gasteiger partial charge in [-0.15, -0.1) is 0 Å². The second-order valence-electron chi connectivity index (χ2n) is 4.95. The fraction of sp³-hybridized carbons (Fsp3) is 0.286. The predicted molar refractivity (Wildman–Crippen MR) is 80.8 cm³/mol. The summed E-state index contributed by atoms with van der Waals surface area (Å²) in [5, 5.41) is 14.7. The molecule has 2 N–H and O–H groups in total. The lowest BCUT2D eigenvalue weighted by molar-refractivity contribution is -0.384. The third kappa shape index (κ3) is 3.12. The number of hydrogen-bond donors (Lipinski definition) is 1. The normalized spacial score (nSPS) is 12.0. The van der Waals surface area contributed by atoms with Crippen molar-refractivity contribution in [3.05, 3.63) is 52.3 Å². The zero-order valence-electron chi connectivity index (χ0n) is 12.3. The molecule has 8 heteroatoms. The van der Waals surface area contributed by atoms with E-state index in [0.29, 0.717) is 17.8 Å². The summed E-state index contributed by atoms with van der Waals surface area (Å²) >= 11 is 0. The Morgan fingerprint density at radius 1 is 1.45 bits per heavy atom. The monoisotopic (exact) mass is 303 g/mol. The molecule has 0 fully saturated rings. The van der Waals surface area contributed by atoms with Gasteiger partial charge in [-0.25, -0.2) is 4.68 Å². The zero-order chi connectivity index (χ0) is 16.3. The van der Waals surface area contributed by atoms with E-state index in [9.17, 15) is 14.9 Å². The van der Waals surface area contributed by atoms with E-state index >= 15 is 0 Å². The number of carbonyl (C=O) groups excluding carboxylic acids is 1. The molecule has 0 aliphatic carbocycles. The summed E-state index contributed by atoms with van der Waals surface area (Å²) in [4.78, 5) is 24.0. The van der Waals surface area contributed by atoms with Crippen LogP contribution >= 0.6 is 0 Å². The van der Waals surface area contributed by atoms with Gasteiger partial charge in [0.25, 0.3) is 11.6 Å². The van der Waals surface area contributed by atoms with E-state index < -0.39 is 4.92 Å². The fourth-order valence-electron chi connectivity index (χ4n) is 1.86. The van der Waals surface area contributed by atoms with Gasteiger partial charge in [0.15, 0.2) is 0 Å². The number of nitro groups is 1. The van der Waals surface area contributed by atoms with E-state index in [1.807, 2.05) is 6.92 Å². The lowest BCUT2D eigenvalue weighted by Gasteiger charge is -2.22. The van der Waals surface area contributed by atoms with Gasteiger partial charge in [0.1, 0.15) is 0 Å². The smallest absolute Gasteiger partial charge is 0.269 e. The van der Waals surface area contributed by atoms with Crippen molar-refractivity contribution >= 4 is 11.6 Å². The molecule has 1 amide bonds. The molecule has 1 unspecified atom stereocenters. The average Bonchev–Trinajstić information content (AvgIpc) is 3.02. The average molecular weight is 303 g/mol. The SMILES string of the molecule is CC(CN)N(C)C(=O)c1cnn(-c2ccc([N+](=O)[O-])cc2)c1. The van der Waals surface area contributed by atoms with Crippen LogP contribution in [0.4, 0.5) is 5.69 Å². The topological polar surface area (TPSA) is 107 Å². The molecule has 1 heterocycles. The lowest BCUT2D eigenvalue weighted by Crippen LogP contribution is -2.39. The number of nitro benzene ring substituents is 1. The quantitative estimate of drug-likeness (QED) is 0.659. The van der Waals surface area contributed by atoms with Gasteiger partial charge in [-0.1, -0.05) is 0 Å². The van der Waals surface area contributed by atoms with Gasteiger partial charge in [0, 0.05) is 38.0 Å². The number of hydrogen-bond acceptors (Lipinski definition) is 5. The lowest BCUT2D eigenvalue weighted by atomic mass is 10.2. The summed E-state index contributed by atoms with van der Waals surface area (Å²) in [7, 11) is 1.68. The van der Waals surface area contributed by atoms with Crippen LogP contribution in [0.1, 0.15) is 17.3 Å². The van der Waals surface area contributed by atoms with Crippen LogP contribution in [0.15, 0.2) is 36.7 Å². The molecule has 0 radical (unpaired) electrons. The molecular formula is C14H17N5O3. The maximum Gasteiger partial charge on any atom is 0.269 e. The Kier molecular flexibility index (Phi) is 4.52. The molecule has 0 aliphatic rings. The second-order valence-corrected chi connectivity index (χ2v) is 4.95. The third-order valence-electron chi connectivity index (χ3n) is 3.48. The minimum atomic E-state index is -0.467. The number of nitrogens with zero attached hydrogens (tertiary/aromatic N) is 4. The number of rotatable bonds is 5. The highest BCUT2D eigenvalue weighted by molar-refractivity contribution is 5.93. The molecule has 1 atom stereocenters. The largest absolute Gasteiger partial charge is 0.338 e. The first-order valence-corrected chi connectivity index (χ1v) is 6.70. The molecular weight excluding hydrogens is 286 g/mol. The van der Waals surface area contributed by atoms with Crippen LogP contribution in [0.3, 0.4) is 0 Å². The molecule has 0 aliphatic heterocycles. The highest BCUT2D eigenvalue weighted by Crippen LogP contribution is 2.15. The van der Waals surface area contributed by atoms with Gasteiger partial charge in [-0.2, -0.15) is 5.10 Å². The van der Waals surface area contributed by atoms with Crippen LogP contribution in [0.2, 0.25) is 0 Å². The van der Waals surface area contributed by atoms with E-state index in [4.69, 9.17) is 5.73 Å². The van der Waals surface area contributed by atoms with Crippen molar-refractivity contribution < 1.29 is 9.72 Å². The second kappa shape index (κ2) is 6.35. The van der Waals surface area contributed by atoms with Crippen molar-refractivity contribution in [3.63, 3.8) is 0 Å². The van der Waals surface area contributed by atoms with Crippen LogP contribution in [-0.4, -0.2) is 45.1 Å². The van der Waals surface area contributed by atoms with Gasteiger partial charge < -0.3 is 10.6 Å². The fourth-order valence-corrected chi connectivity index (χ4v) is 1.86. The minimum Gasteiger partial charge on any atom is -0.338 e. The predicted octanol–water partition coefficient (Wildman–Crippen LogP) is 1.20. The Hall–Kier alpha value is -2.74. The summed E-state index contributed by atoms with van der Waals surface area (Å²) in [5.41, 5.74) is 6.63. The Morgan fingerprint density at radius 3 is 2.64 bits per heavy atom. The summed E-state index contributed by atoms with van der Waals surface area (Å²) in [6.45, 7) is 2.23. The maximum absolute atomic E-state index is 12.3. The molecule has 0 saturated carbocycles. The number of carbonyl (C=O) groups is 1. The molecule has 22 heavy (non-hydrogen) atoms. The van der Waals surface area contributed by atoms with Gasteiger partial charge >= 0.3 is 0 Å². The highest BCUT2D eigenvalue weighted by atomic mass is 16.6.